The van der Waals surface area contributed by atoms with Gasteiger partial charge in [0.15, 0.2) is 15.0 Å². The molecule has 8 heteroatoms. The summed E-state index contributed by atoms with van der Waals surface area (Å²) in [6.45, 7) is 0. The lowest BCUT2D eigenvalue weighted by Crippen LogP contribution is -2.13. The summed E-state index contributed by atoms with van der Waals surface area (Å²) in [5.41, 5.74) is 0.896. The van der Waals surface area contributed by atoms with Crippen LogP contribution in [0.1, 0.15) is 10.4 Å². The molecule has 0 saturated carbocycles. The van der Waals surface area contributed by atoms with Crippen LogP contribution >= 0.6 is 22.9 Å². The number of thiazole rings is 1. The van der Waals surface area contributed by atoms with E-state index in [1.165, 1.54) is 29.5 Å². The zero-order chi connectivity index (χ0) is 19.2. The van der Waals surface area contributed by atoms with Gasteiger partial charge in [0.25, 0.3) is 5.91 Å². The van der Waals surface area contributed by atoms with Crippen molar-refractivity contribution >= 4 is 64.8 Å². The van der Waals surface area contributed by atoms with Crippen molar-refractivity contribution in [2.75, 3.05) is 11.6 Å². The highest BCUT2D eigenvalue weighted by Crippen LogP contribution is 2.32. The van der Waals surface area contributed by atoms with Gasteiger partial charge in [0.05, 0.1) is 25.7 Å². The van der Waals surface area contributed by atoms with E-state index < -0.39 is 15.7 Å². The number of carbonyl (C=O) groups excluding carboxylic acids is 1. The fourth-order valence-electron chi connectivity index (χ4n) is 2.79. The Morgan fingerprint density at radius 2 is 1.89 bits per heavy atom. The van der Waals surface area contributed by atoms with E-state index in [0.29, 0.717) is 5.13 Å². The average molecular weight is 417 g/mol. The summed E-state index contributed by atoms with van der Waals surface area (Å²) in [7, 11) is -3.44. The number of amides is 1. The van der Waals surface area contributed by atoms with Gasteiger partial charge in [-0.1, -0.05) is 53.3 Å². The third kappa shape index (κ3) is 3.41. The van der Waals surface area contributed by atoms with Crippen LogP contribution in [-0.2, 0) is 9.84 Å². The molecule has 0 aliphatic heterocycles. The molecule has 27 heavy (non-hydrogen) atoms. The molecule has 0 spiro atoms. The van der Waals surface area contributed by atoms with Gasteiger partial charge in [-0.25, -0.2) is 13.4 Å². The summed E-state index contributed by atoms with van der Waals surface area (Å²) < 4.78 is 24.4. The number of nitrogens with one attached hydrogen (secondary N) is 1. The van der Waals surface area contributed by atoms with E-state index >= 15 is 0 Å². The van der Waals surface area contributed by atoms with Gasteiger partial charge in [-0.15, -0.1) is 0 Å². The molecule has 1 amide bonds. The van der Waals surface area contributed by atoms with Crippen molar-refractivity contribution in [3.8, 4) is 0 Å². The Morgan fingerprint density at radius 1 is 1.11 bits per heavy atom. The van der Waals surface area contributed by atoms with Crippen molar-refractivity contribution in [2.24, 2.45) is 0 Å². The highest BCUT2D eigenvalue weighted by atomic mass is 35.5. The predicted molar refractivity (Wildman–Crippen MR) is 110 cm³/mol. The molecular weight excluding hydrogens is 404 g/mol. The maximum atomic E-state index is 12.6. The molecule has 0 radical (unpaired) electrons. The Morgan fingerprint density at radius 3 is 2.67 bits per heavy atom. The molecule has 1 aromatic heterocycles. The van der Waals surface area contributed by atoms with Crippen LogP contribution in [0, 0.1) is 0 Å². The number of sulfone groups is 1. The minimum atomic E-state index is -3.44. The zero-order valence-corrected chi connectivity index (χ0v) is 16.5. The third-order valence-corrected chi connectivity index (χ3v) is 6.49. The van der Waals surface area contributed by atoms with E-state index in [9.17, 15) is 13.2 Å². The van der Waals surface area contributed by atoms with Gasteiger partial charge in [0.1, 0.15) is 0 Å². The van der Waals surface area contributed by atoms with Crippen molar-refractivity contribution in [3.05, 3.63) is 65.2 Å². The lowest BCUT2D eigenvalue weighted by Gasteiger charge is -2.06. The summed E-state index contributed by atoms with van der Waals surface area (Å²) in [6.07, 6.45) is 1.08. The lowest BCUT2D eigenvalue weighted by atomic mass is 10.1. The van der Waals surface area contributed by atoms with Crippen LogP contribution in [0.2, 0.25) is 5.02 Å². The topological polar surface area (TPSA) is 76.1 Å². The van der Waals surface area contributed by atoms with Crippen molar-refractivity contribution in [3.63, 3.8) is 0 Å². The van der Waals surface area contributed by atoms with Crippen LogP contribution in [0.25, 0.3) is 21.0 Å². The summed E-state index contributed by atoms with van der Waals surface area (Å²) in [4.78, 5) is 17.2. The van der Waals surface area contributed by atoms with Crippen LogP contribution in [-0.4, -0.2) is 25.6 Å². The fraction of sp³-hybridized carbons (Fsp3) is 0.0526. The molecule has 0 saturated heterocycles. The van der Waals surface area contributed by atoms with E-state index in [-0.39, 0.29) is 15.5 Å². The van der Waals surface area contributed by atoms with Gasteiger partial charge >= 0.3 is 0 Å². The largest absolute Gasteiger partial charge is 0.298 e. The molecule has 4 aromatic rings. The first-order chi connectivity index (χ1) is 12.8. The van der Waals surface area contributed by atoms with Gasteiger partial charge in [0.2, 0.25) is 0 Å². The Hall–Kier alpha value is -2.48. The Kier molecular flexibility index (Phi) is 4.38. The summed E-state index contributed by atoms with van der Waals surface area (Å²) in [5, 5.41) is 5.39. The first-order valence-electron chi connectivity index (χ1n) is 7.92. The molecule has 0 atom stereocenters. The third-order valence-electron chi connectivity index (χ3n) is 4.11. The van der Waals surface area contributed by atoms with Crippen molar-refractivity contribution in [1.82, 2.24) is 4.98 Å². The normalized spacial score (nSPS) is 11.8. The molecule has 4 rings (SSSR count). The minimum Gasteiger partial charge on any atom is -0.298 e. The SMILES string of the molecule is CS(=O)(=O)c1ccc(Cl)c(C(=O)Nc2nc3c(ccc4ccccc43)s2)c1. The first-order valence-corrected chi connectivity index (χ1v) is 11.0. The maximum Gasteiger partial charge on any atom is 0.259 e. The van der Waals surface area contributed by atoms with E-state index in [4.69, 9.17) is 11.6 Å². The molecular formula is C19H13ClN2O3S2. The van der Waals surface area contributed by atoms with Gasteiger partial charge < -0.3 is 0 Å². The number of hydrogen-bond donors (Lipinski definition) is 1. The number of carbonyl (C=O) groups is 1. The van der Waals surface area contributed by atoms with E-state index in [2.05, 4.69) is 10.3 Å². The monoisotopic (exact) mass is 416 g/mol. The van der Waals surface area contributed by atoms with E-state index in [1.54, 1.807) is 0 Å². The molecule has 0 aliphatic rings. The number of aromatic nitrogens is 1. The standard InChI is InChI=1S/C19H13ClN2O3S2/c1-27(24,25)12-7-8-15(20)14(10-12)18(23)22-19-21-17-13-5-3-2-4-11(13)6-9-16(17)26-19/h2-10H,1H3,(H,21,22,23). The van der Waals surface area contributed by atoms with Gasteiger partial charge in [-0.2, -0.15) is 0 Å². The van der Waals surface area contributed by atoms with Crippen LogP contribution in [0.5, 0.6) is 0 Å². The number of rotatable bonds is 3. The molecule has 0 bridgehead atoms. The summed E-state index contributed by atoms with van der Waals surface area (Å²) >= 11 is 7.44. The van der Waals surface area contributed by atoms with E-state index in [0.717, 1.165) is 27.2 Å². The molecule has 5 nitrogen and oxygen atoms in total. The Balaban J connectivity index is 1.72. The Labute approximate surface area is 164 Å². The predicted octanol–water partition coefficient (Wildman–Crippen LogP) is 4.76. The van der Waals surface area contributed by atoms with Crippen LogP contribution in [0.3, 0.4) is 0 Å². The lowest BCUT2D eigenvalue weighted by molar-refractivity contribution is 0.102. The molecule has 1 heterocycles. The minimum absolute atomic E-state index is 0.0346. The maximum absolute atomic E-state index is 12.6. The summed E-state index contributed by atoms with van der Waals surface area (Å²) in [6, 6.07) is 15.9. The number of nitrogens with zero attached hydrogens (tertiary/aromatic N) is 1. The average Bonchev–Trinajstić information content (AvgIpc) is 3.04. The van der Waals surface area contributed by atoms with Crippen molar-refractivity contribution in [1.29, 1.82) is 0 Å². The molecule has 1 N–H and O–H groups in total. The second kappa shape index (κ2) is 6.60. The van der Waals surface area contributed by atoms with Crippen LogP contribution in [0.4, 0.5) is 5.13 Å². The number of hydrogen-bond acceptors (Lipinski definition) is 5. The molecule has 0 unspecified atom stereocenters. The molecule has 3 aromatic carbocycles. The molecule has 136 valence electrons. The highest BCUT2D eigenvalue weighted by molar-refractivity contribution is 7.90. The zero-order valence-electron chi connectivity index (χ0n) is 14.1. The molecule has 0 fully saturated rings. The summed E-state index contributed by atoms with van der Waals surface area (Å²) in [5.74, 6) is -0.506. The first kappa shape index (κ1) is 17.9. The number of anilines is 1. The van der Waals surface area contributed by atoms with Crippen LogP contribution in [0.15, 0.2) is 59.5 Å². The van der Waals surface area contributed by atoms with Crippen molar-refractivity contribution in [2.45, 2.75) is 4.90 Å². The smallest absolute Gasteiger partial charge is 0.259 e. The number of benzene rings is 3. The van der Waals surface area contributed by atoms with Gasteiger partial charge in [-0.3, -0.25) is 10.1 Å². The van der Waals surface area contributed by atoms with Crippen molar-refractivity contribution < 1.29 is 13.2 Å². The van der Waals surface area contributed by atoms with Gasteiger partial charge in [0, 0.05) is 11.6 Å². The second-order valence-corrected chi connectivity index (χ2v) is 9.47. The van der Waals surface area contributed by atoms with Gasteiger partial charge in [-0.05, 0) is 29.7 Å². The Bertz CT molecular complexity index is 1310. The highest BCUT2D eigenvalue weighted by Gasteiger charge is 2.17. The van der Waals surface area contributed by atoms with Crippen LogP contribution < -0.4 is 5.32 Å². The quantitative estimate of drug-likeness (QED) is 0.522. The molecule has 0 aliphatic carbocycles. The fourth-order valence-corrected chi connectivity index (χ4v) is 4.52. The number of halogens is 1. The number of fused-ring (bicyclic) bond motifs is 3. The van der Waals surface area contributed by atoms with E-state index in [1.807, 2.05) is 36.4 Å². The second-order valence-electron chi connectivity index (χ2n) is 6.02.